The highest BCUT2D eigenvalue weighted by atomic mass is 28.4. The molecule has 1 N–H and O–H groups in total. The summed E-state index contributed by atoms with van der Waals surface area (Å²) >= 11 is 0. The Morgan fingerprint density at radius 2 is 1.02 bits per heavy atom. The molecule has 0 aromatic heterocycles. The van der Waals surface area contributed by atoms with Crippen LogP contribution in [0.4, 0.5) is 0 Å². The first kappa shape index (κ1) is 42.2. The Labute approximate surface area is 267 Å². The molecule has 0 unspecified atom stereocenters. The second-order valence-corrected chi connectivity index (χ2v) is 31.8. The predicted octanol–water partition coefficient (Wildman–Crippen LogP) is 11.6. The van der Waals surface area contributed by atoms with Crippen LogP contribution in [0.2, 0.25) is 54.4 Å². The van der Waals surface area contributed by atoms with Gasteiger partial charge in [0.15, 0.2) is 25.0 Å². The smallest absolute Gasteiger partial charge is 0.193 e. The Bertz CT molecular complexity index is 760. The second kappa shape index (κ2) is 17.2. The normalized spacial score (nSPS) is 17.2. The quantitative estimate of drug-likeness (QED) is 0.0813. The number of aliphatic hydroxyl groups is 1. The van der Waals surface area contributed by atoms with Gasteiger partial charge >= 0.3 is 0 Å². The number of unbranched alkanes of at least 4 members (excludes halogenated alkanes) is 4. The molecule has 4 nitrogen and oxygen atoms in total. The van der Waals surface area contributed by atoms with E-state index in [0.29, 0.717) is 0 Å². The van der Waals surface area contributed by atoms with Gasteiger partial charge in [-0.15, -0.1) is 6.58 Å². The summed E-state index contributed by atoms with van der Waals surface area (Å²) in [5.74, 6) is 0. The standard InChI is InChI=1S/C35H76O4Si3/c1-18-20-22-25-29(36)26-23-21-24-27-30(37-40(12,13)33(3,4)5)28-32(39-42(16,17)35(9,10)11)31(19-2)38-41(14,15)34(6,7)8/h19,29-32,36H,2,18,20-28H2,1,3-17H3/t29-,30-,31-,32+/m1/s1. The van der Waals surface area contributed by atoms with Crippen molar-refractivity contribution in [1.29, 1.82) is 0 Å². The molecule has 0 aromatic carbocycles. The predicted molar refractivity (Wildman–Crippen MR) is 194 cm³/mol. The molecule has 0 saturated carbocycles. The molecule has 0 aliphatic rings. The maximum absolute atomic E-state index is 10.4. The van der Waals surface area contributed by atoms with E-state index in [1.807, 2.05) is 6.08 Å². The average molecular weight is 645 g/mol. The molecule has 0 fully saturated rings. The summed E-state index contributed by atoms with van der Waals surface area (Å²) in [4.78, 5) is 0. The first-order valence-electron chi connectivity index (χ1n) is 17.2. The van der Waals surface area contributed by atoms with Gasteiger partial charge in [-0.2, -0.15) is 0 Å². The van der Waals surface area contributed by atoms with Crippen molar-refractivity contribution in [3.8, 4) is 0 Å². The minimum absolute atomic E-state index is 0.0901. The van der Waals surface area contributed by atoms with Crippen LogP contribution in [-0.4, -0.2) is 54.5 Å². The van der Waals surface area contributed by atoms with Crippen molar-refractivity contribution >= 4 is 25.0 Å². The number of aliphatic hydroxyl groups excluding tert-OH is 1. The molecule has 0 bridgehead atoms. The van der Waals surface area contributed by atoms with Crippen LogP contribution in [0.3, 0.4) is 0 Å². The van der Waals surface area contributed by atoms with Gasteiger partial charge in [0.25, 0.3) is 0 Å². The zero-order valence-corrected chi connectivity index (χ0v) is 34.3. The Morgan fingerprint density at radius 3 is 1.45 bits per heavy atom. The van der Waals surface area contributed by atoms with E-state index in [0.717, 1.165) is 51.4 Å². The average Bonchev–Trinajstić information content (AvgIpc) is 2.79. The number of rotatable bonds is 20. The lowest BCUT2D eigenvalue weighted by Gasteiger charge is -2.46. The third-order valence-corrected chi connectivity index (χ3v) is 24.1. The van der Waals surface area contributed by atoms with Crippen LogP contribution in [0, 0.1) is 0 Å². The molecule has 0 heterocycles. The summed E-state index contributed by atoms with van der Waals surface area (Å²) in [6, 6.07) is 0. The van der Waals surface area contributed by atoms with Crippen LogP contribution in [0.1, 0.15) is 133 Å². The zero-order chi connectivity index (χ0) is 33.2. The molecular formula is C35H76O4Si3. The molecule has 0 rings (SSSR count). The number of hydrogen-bond donors (Lipinski definition) is 1. The van der Waals surface area contributed by atoms with Crippen LogP contribution in [-0.2, 0) is 13.3 Å². The maximum Gasteiger partial charge on any atom is 0.193 e. The molecule has 0 aliphatic carbocycles. The van der Waals surface area contributed by atoms with Gasteiger partial charge in [-0.05, 0) is 73.7 Å². The summed E-state index contributed by atoms with van der Waals surface area (Å²) in [5, 5.41) is 10.7. The Hall–Kier alpha value is 0.231. The van der Waals surface area contributed by atoms with Gasteiger partial charge < -0.3 is 18.4 Å². The second-order valence-electron chi connectivity index (χ2n) is 17.5. The summed E-state index contributed by atoms with van der Waals surface area (Å²) < 4.78 is 21.4. The maximum atomic E-state index is 10.4. The van der Waals surface area contributed by atoms with E-state index >= 15 is 0 Å². The molecule has 4 atom stereocenters. The van der Waals surface area contributed by atoms with Gasteiger partial charge in [-0.25, -0.2) is 0 Å². The van der Waals surface area contributed by atoms with Gasteiger partial charge in [0, 0.05) is 12.5 Å². The van der Waals surface area contributed by atoms with Crippen LogP contribution in [0.5, 0.6) is 0 Å². The van der Waals surface area contributed by atoms with Crippen LogP contribution in [0.15, 0.2) is 12.7 Å². The van der Waals surface area contributed by atoms with Gasteiger partial charge in [0.05, 0.1) is 18.3 Å². The van der Waals surface area contributed by atoms with Crippen molar-refractivity contribution in [3.05, 3.63) is 12.7 Å². The largest absolute Gasteiger partial charge is 0.414 e. The fourth-order valence-corrected chi connectivity index (χ4v) is 8.40. The highest BCUT2D eigenvalue weighted by Gasteiger charge is 2.46. The monoisotopic (exact) mass is 645 g/mol. The molecule has 0 amide bonds. The lowest BCUT2D eigenvalue weighted by molar-refractivity contribution is 0.0229. The van der Waals surface area contributed by atoms with Gasteiger partial charge in [-0.1, -0.05) is 114 Å². The summed E-state index contributed by atoms with van der Waals surface area (Å²) in [7, 11) is -6.14. The minimum atomic E-state index is -2.09. The number of hydrogen-bond acceptors (Lipinski definition) is 4. The minimum Gasteiger partial charge on any atom is -0.414 e. The van der Waals surface area contributed by atoms with Gasteiger partial charge in [-0.3, -0.25) is 0 Å². The molecule has 0 radical (unpaired) electrons. The van der Waals surface area contributed by atoms with E-state index in [-0.39, 0.29) is 39.5 Å². The Morgan fingerprint density at radius 1 is 0.619 bits per heavy atom. The highest BCUT2D eigenvalue weighted by Crippen LogP contribution is 2.43. The van der Waals surface area contributed by atoms with Crippen LogP contribution < -0.4 is 0 Å². The third kappa shape index (κ3) is 14.6. The third-order valence-electron chi connectivity index (χ3n) is 10.6. The Kier molecular flexibility index (Phi) is 17.3. The van der Waals surface area contributed by atoms with Crippen LogP contribution in [0.25, 0.3) is 0 Å². The van der Waals surface area contributed by atoms with Crippen molar-refractivity contribution in [1.82, 2.24) is 0 Å². The molecular weight excluding hydrogens is 569 g/mol. The van der Waals surface area contributed by atoms with Crippen LogP contribution >= 0.6 is 0 Å². The van der Waals surface area contributed by atoms with E-state index in [9.17, 15) is 5.11 Å². The van der Waals surface area contributed by atoms with Crippen molar-refractivity contribution in [3.63, 3.8) is 0 Å². The molecule has 252 valence electrons. The molecule has 7 heteroatoms. The fraction of sp³-hybridized carbons (Fsp3) is 0.943. The summed E-state index contributed by atoms with van der Waals surface area (Å²) in [6.45, 7) is 41.4. The van der Waals surface area contributed by atoms with E-state index in [1.165, 1.54) is 12.8 Å². The Balaban J connectivity index is 6.04. The lowest BCUT2D eigenvalue weighted by atomic mass is 10.00. The summed E-state index contributed by atoms with van der Waals surface area (Å²) in [5.41, 5.74) is 0. The summed E-state index contributed by atoms with van der Waals surface area (Å²) in [6.07, 6.45) is 12.3. The molecule has 0 aliphatic heterocycles. The zero-order valence-electron chi connectivity index (χ0n) is 31.3. The molecule has 42 heavy (non-hydrogen) atoms. The van der Waals surface area contributed by atoms with E-state index in [1.54, 1.807) is 0 Å². The SMILES string of the molecule is C=C[C@@H](O[Si](C)(C)C(C)(C)C)[C@H](C[C@@H](CCCCC[C@H](O)CCCCC)O[Si](C)(C)C(C)(C)C)O[Si](C)(C)C(C)(C)C. The van der Waals surface area contributed by atoms with Crippen molar-refractivity contribution in [2.75, 3.05) is 0 Å². The van der Waals surface area contributed by atoms with Crippen molar-refractivity contribution in [2.45, 2.75) is 212 Å². The molecule has 0 saturated heterocycles. The highest BCUT2D eigenvalue weighted by molar-refractivity contribution is 6.75. The van der Waals surface area contributed by atoms with E-state index < -0.39 is 25.0 Å². The topological polar surface area (TPSA) is 47.9 Å². The molecule has 0 spiro atoms. The first-order chi connectivity index (χ1) is 18.8. The van der Waals surface area contributed by atoms with Crippen molar-refractivity contribution in [2.24, 2.45) is 0 Å². The molecule has 0 aromatic rings. The lowest BCUT2D eigenvalue weighted by Crippen LogP contribution is -2.53. The van der Waals surface area contributed by atoms with Crippen molar-refractivity contribution < 1.29 is 18.4 Å². The first-order valence-corrected chi connectivity index (χ1v) is 25.9. The fourth-order valence-electron chi connectivity index (χ4n) is 4.38. The van der Waals surface area contributed by atoms with E-state index in [4.69, 9.17) is 13.3 Å². The van der Waals surface area contributed by atoms with E-state index in [2.05, 4.69) is 115 Å². The van der Waals surface area contributed by atoms with Gasteiger partial charge in [0.1, 0.15) is 0 Å². The van der Waals surface area contributed by atoms with Gasteiger partial charge in [0.2, 0.25) is 0 Å².